The fourth-order valence-corrected chi connectivity index (χ4v) is 1.78. The highest BCUT2D eigenvalue weighted by molar-refractivity contribution is 5.96. The second-order valence-electron chi connectivity index (χ2n) is 4.11. The summed E-state index contributed by atoms with van der Waals surface area (Å²) in [6.45, 7) is 1.77. The van der Waals surface area contributed by atoms with Crippen molar-refractivity contribution in [2.24, 2.45) is 0 Å². The van der Waals surface area contributed by atoms with E-state index < -0.39 is 0 Å². The lowest BCUT2D eigenvalue weighted by Gasteiger charge is -2.07. The summed E-state index contributed by atoms with van der Waals surface area (Å²) in [7, 11) is 0. The first-order chi connectivity index (χ1) is 9.24. The number of H-pyrrole nitrogens is 1. The van der Waals surface area contributed by atoms with E-state index in [-0.39, 0.29) is 17.7 Å². The van der Waals surface area contributed by atoms with E-state index in [0.29, 0.717) is 11.4 Å². The molecule has 2 heterocycles. The molecule has 7 heteroatoms. The molecule has 2 N–H and O–H groups in total. The third-order valence-electron chi connectivity index (χ3n) is 2.75. The van der Waals surface area contributed by atoms with E-state index in [2.05, 4.69) is 25.9 Å². The zero-order chi connectivity index (χ0) is 13.2. The van der Waals surface area contributed by atoms with Crippen LogP contribution in [0.5, 0.6) is 0 Å². The van der Waals surface area contributed by atoms with Gasteiger partial charge in [0.2, 0.25) is 0 Å². The summed E-state index contributed by atoms with van der Waals surface area (Å²) >= 11 is 0. The third-order valence-corrected chi connectivity index (χ3v) is 2.75. The Hall–Kier alpha value is -2.70. The molecule has 0 saturated carbocycles. The van der Waals surface area contributed by atoms with E-state index in [4.69, 9.17) is 4.42 Å². The normalized spacial score (nSPS) is 12.5. The van der Waals surface area contributed by atoms with Crippen LogP contribution in [0.15, 0.2) is 34.7 Å². The van der Waals surface area contributed by atoms with Crippen LogP contribution in [-0.2, 0) is 0 Å². The van der Waals surface area contributed by atoms with Gasteiger partial charge in [-0.25, -0.2) is 0 Å². The molecule has 0 aliphatic carbocycles. The van der Waals surface area contributed by atoms with Crippen molar-refractivity contribution in [3.63, 3.8) is 0 Å². The van der Waals surface area contributed by atoms with Crippen molar-refractivity contribution in [2.45, 2.75) is 13.0 Å². The minimum absolute atomic E-state index is 0.261. The molecule has 0 bridgehead atoms. The average Bonchev–Trinajstić information content (AvgIpc) is 3.07. The number of aromatic amines is 1. The summed E-state index contributed by atoms with van der Waals surface area (Å²) in [5.41, 5.74) is 0.680. The fraction of sp³-hybridized carbons (Fsp3) is 0.167. The number of rotatable bonds is 3. The molecule has 7 nitrogen and oxygen atoms in total. The quantitative estimate of drug-likeness (QED) is 0.740. The van der Waals surface area contributed by atoms with Crippen molar-refractivity contribution in [3.05, 3.63) is 41.9 Å². The molecular formula is C12H11N5O2. The number of furan rings is 1. The minimum Gasteiger partial charge on any atom is -0.451 e. The van der Waals surface area contributed by atoms with Crippen molar-refractivity contribution in [1.29, 1.82) is 0 Å². The van der Waals surface area contributed by atoms with Crippen LogP contribution in [0, 0.1) is 0 Å². The van der Waals surface area contributed by atoms with Gasteiger partial charge < -0.3 is 9.73 Å². The largest absolute Gasteiger partial charge is 0.451 e. The Morgan fingerprint density at radius 1 is 1.42 bits per heavy atom. The number of nitrogens with one attached hydrogen (secondary N) is 2. The van der Waals surface area contributed by atoms with Crippen molar-refractivity contribution >= 4 is 16.9 Å². The zero-order valence-electron chi connectivity index (χ0n) is 10.1. The molecular weight excluding hydrogens is 246 g/mol. The molecule has 0 aliphatic heterocycles. The number of nitrogens with zero attached hydrogens (tertiary/aromatic N) is 3. The second-order valence-corrected chi connectivity index (χ2v) is 4.11. The van der Waals surface area contributed by atoms with Crippen LogP contribution in [0.3, 0.4) is 0 Å². The van der Waals surface area contributed by atoms with E-state index in [1.54, 1.807) is 13.0 Å². The Labute approximate surface area is 108 Å². The van der Waals surface area contributed by atoms with Crippen LogP contribution in [0.4, 0.5) is 0 Å². The Bertz CT molecular complexity index is 671. The first kappa shape index (κ1) is 11.4. The maximum absolute atomic E-state index is 12.0. The topological polar surface area (TPSA) is 96.7 Å². The average molecular weight is 257 g/mol. The number of carbonyl (C=O) groups is 1. The van der Waals surface area contributed by atoms with Gasteiger partial charge in [0.15, 0.2) is 11.6 Å². The highest BCUT2D eigenvalue weighted by Gasteiger charge is 2.17. The summed E-state index contributed by atoms with van der Waals surface area (Å²) < 4.78 is 5.47. The zero-order valence-corrected chi connectivity index (χ0v) is 10.1. The Balaban J connectivity index is 1.80. The van der Waals surface area contributed by atoms with Gasteiger partial charge in [-0.2, -0.15) is 5.21 Å². The Kier molecular flexibility index (Phi) is 2.71. The minimum atomic E-state index is -0.348. The van der Waals surface area contributed by atoms with E-state index in [1.165, 1.54) is 0 Å². The summed E-state index contributed by atoms with van der Waals surface area (Å²) in [5, 5.41) is 17.0. The molecule has 96 valence electrons. The van der Waals surface area contributed by atoms with Crippen LogP contribution in [0.25, 0.3) is 11.0 Å². The Morgan fingerprint density at radius 2 is 2.26 bits per heavy atom. The van der Waals surface area contributed by atoms with Crippen molar-refractivity contribution in [1.82, 2.24) is 25.9 Å². The van der Waals surface area contributed by atoms with Gasteiger partial charge in [-0.05, 0) is 19.1 Å². The van der Waals surface area contributed by atoms with Crippen LogP contribution in [0.1, 0.15) is 29.3 Å². The number of aromatic nitrogens is 4. The van der Waals surface area contributed by atoms with Gasteiger partial charge in [0.05, 0.1) is 6.04 Å². The molecule has 3 rings (SSSR count). The van der Waals surface area contributed by atoms with E-state index in [1.807, 2.05) is 24.3 Å². The second kappa shape index (κ2) is 4.52. The highest BCUT2D eigenvalue weighted by Crippen LogP contribution is 2.19. The molecule has 0 spiro atoms. The van der Waals surface area contributed by atoms with Gasteiger partial charge >= 0.3 is 0 Å². The fourth-order valence-electron chi connectivity index (χ4n) is 1.78. The molecule has 1 atom stereocenters. The number of tetrazole rings is 1. The van der Waals surface area contributed by atoms with Crippen LogP contribution < -0.4 is 5.32 Å². The third kappa shape index (κ3) is 2.17. The predicted molar refractivity (Wildman–Crippen MR) is 66.3 cm³/mol. The summed E-state index contributed by atoms with van der Waals surface area (Å²) in [4.78, 5) is 12.0. The number of benzene rings is 1. The first-order valence-corrected chi connectivity index (χ1v) is 5.77. The number of fused-ring (bicyclic) bond motifs is 1. The summed E-state index contributed by atoms with van der Waals surface area (Å²) in [6.07, 6.45) is 0. The van der Waals surface area contributed by atoms with Gasteiger partial charge in [0.1, 0.15) is 5.58 Å². The SMILES string of the molecule is CC(NC(=O)c1cc2ccccc2o1)c1nn[nH]n1. The molecule has 0 saturated heterocycles. The van der Waals surface area contributed by atoms with Crippen LogP contribution >= 0.6 is 0 Å². The molecule has 1 aromatic carbocycles. The summed E-state index contributed by atoms with van der Waals surface area (Å²) in [6, 6.07) is 8.80. The molecule has 1 unspecified atom stereocenters. The monoisotopic (exact) mass is 257 g/mol. The van der Waals surface area contributed by atoms with Gasteiger partial charge in [0.25, 0.3) is 5.91 Å². The number of amides is 1. The molecule has 3 aromatic rings. The van der Waals surface area contributed by atoms with Gasteiger partial charge in [-0.1, -0.05) is 23.4 Å². The standard InChI is InChI=1S/C12H11N5O2/c1-7(11-14-16-17-15-11)13-12(18)10-6-8-4-2-3-5-9(8)19-10/h2-7H,1H3,(H,13,18)(H,14,15,16,17). The van der Waals surface area contributed by atoms with E-state index in [9.17, 15) is 4.79 Å². The Morgan fingerprint density at radius 3 is 3.00 bits per heavy atom. The lowest BCUT2D eigenvalue weighted by Crippen LogP contribution is -2.27. The van der Waals surface area contributed by atoms with Crippen LogP contribution in [-0.4, -0.2) is 26.5 Å². The number of hydrogen-bond acceptors (Lipinski definition) is 5. The van der Waals surface area contributed by atoms with Gasteiger partial charge in [-0.15, -0.1) is 10.2 Å². The summed E-state index contributed by atoms with van der Waals surface area (Å²) in [5.74, 6) is 0.370. The lowest BCUT2D eigenvalue weighted by molar-refractivity contribution is 0.0912. The highest BCUT2D eigenvalue weighted by atomic mass is 16.3. The molecule has 0 radical (unpaired) electrons. The predicted octanol–water partition coefficient (Wildman–Crippen LogP) is 1.44. The molecule has 1 amide bonds. The van der Waals surface area contributed by atoms with Crippen molar-refractivity contribution in [3.8, 4) is 0 Å². The van der Waals surface area contributed by atoms with E-state index in [0.717, 1.165) is 5.39 Å². The number of hydrogen-bond donors (Lipinski definition) is 2. The van der Waals surface area contributed by atoms with Crippen molar-refractivity contribution in [2.75, 3.05) is 0 Å². The van der Waals surface area contributed by atoms with Crippen molar-refractivity contribution < 1.29 is 9.21 Å². The maximum Gasteiger partial charge on any atom is 0.287 e. The number of para-hydroxylation sites is 1. The number of carbonyl (C=O) groups excluding carboxylic acids is 1. The van der Waals surface area contributed by atoms with Gasteiger partial charge in [0, 0.05) is 5.39 Å². The van der Waals surface area contributed by atoms with E-state index >= 15 is 0 Å². The smallest absolute Gasteiger partial charge is 0.287 e. The first-order valence-electron chi connectivity index (χ1n) is 5.77. The lowest BCUT2D eigenvalue weighted by atomic mass is 10.2. The van der Waals surface area contributed by atoms with Crippen LogP contribution in [0.2, 0.25) is 0 Å². The molecule has 19 heavy (non-hydrogen) atoms. The molecule has 2 aromatic heterocycles. The van der Waals surface area contributed by atoms with Gasteiger partial charge in [-0.3, -0.25) is 4.79 Å². The maximum atomic E-state index is 12.0. The molecule has 0 aliphatic rings. The molecule has 0 fully saturated rings.